The fourth-order valence-corrected chi connectivity index (χ4v) is 3.14. The zero-order valence-electron chi connectivity index (χ0n) is 13.7. The van der Waals surface area contributed by atoms with E-state index in [0.717, 1.165) is 43.8 Å². The molecule has 2 aliphatic rings. The lowest BCUT2D eigenvalue weighted by atomic mass is 10.00. The molecule has 1 aromatic rings. The molecule has 1 saturated carbocycles. The van der Waals surface area contributed by atoms with Crippen molar-refractivity contribution in [3.8, 4) is 5.75 Å². The third-order valence-corrected chi connectivity index (χ3v) is 4.70. The van der Waals surface area contributed by atoms with Gasteiger partial charge in [0, 0.05) is 19.0 Å². The van der Waals surface area contributed by atoms with Crippen LogP contribution in [0.5, 0.6) is 5.75 Å². The van der Waals surface area contributed by atoms with Gasteiger partial charge in [-0.15, -0.1) is 24.0 Å². The number of ether oxygens (including phenoxy) is 1. The molecule has 4 nitrogen and oxygen atoms in total. The maximum Gasteiger partial charge on any atom is 0.387 e. The summed E-state index contributed by atoms with van der Waals surface area (Å²) in [5, 5.41) is 0. The van der Waals surface area contributed by atoms with Crippen LogP contribution in [0.4, 0.5) is 8.78 Å². The summed E-state index contributed by atoms with van der Waals surface area (Å²) in [6.07, 6.45) is 3.10. The number of para-hydroxylation sites is 1. The Morgan fingerprint density at radius 1 is 1.29 bits per heavy atom. The van der Waals surface area contributed by atoms with Crippen LogP contribution in [0.1, 0.15) is 37.7 Å². The average Bonchev–Trinajstić information content (AvgIpc) is 3.26. The number of alkyl halides is 2. The van der Waals surface area contributed by atoms with E-state index in [2.05, 4.69) is 21.6 Å². The van der Waals surface area contributed by atoms with Crippen LogP contribution in [0.15, 0.2) is 29.3 Å². The van der Waals surface area contributed by atoms with Crippen molar-refractivity contribution in [3.05, 3.63) is 29.8 Å². The smallest absolute Gasteiger partial charge is 0.387 e. The summed E-state index contributed by atoms with van der Waals surface area (Å²) >= 11 is 0. The molecule has 0 radical (unpaired) electrons. The first-order chi connectivity index (χ1) is 11.0. The predicted octanol–water partition coefficient (Wildman–Crippen LogP) is 3.81. The SMILES string of the molecule is CC1CCN(C(N)=N[C@H]2C[C@@H]2c2ccccc2OC(F)F)CC1.I. The van der Waals surface area contributed by atoms with Gasteiger partial charge in [-0.1, -0.05) is 25.1 Å². The summed E-state index contributed by atoms with van der Waals surface area (Å²) < 4.78 is 29.6. The molecule has 0 amide bonds. The van der Waals surface area contributed by atoms with Gasteiger partial charge in [0.05, 0.1) is 6.04 Å². The second kappa shape index (κ2) is 8.31. The molecule has 0 unspecified atom stereocenters. The number of hydrogen-bond donors (Lipinski definition) is 1. The van der Waals surface area contributed by atoms with Crippen LogP contribution < -0.4 is 10.5 Å². The van der Waals surface area contributed by atoms with Gasteiger partial charge < -0.3 is 15.4 Å². The first kappa shape index (κ1) is 19.2. The van der Waals surface area contributed by atoms with Crippen molar-refractivity contribution < 1.29 is 13.5 Å². The van der Waals surface area contributed by atoms with Crippen LogP contribution in [0.3, 0.4) is 0 Å². The first-order valence-corrected chi connectivity index (χ1v) is 8.16. The monoisotopic (exact) mass is 451 g/mol. The molecule has 3 rings (SSSR count). The summed E-state index contributed by atoms with van der Waals surface area (Å²) in [4.78, 5) is 6.71. The van der Waals surface area contributed by atoms with Gasteiger partial charge in [-0.3, -0.25) is 0 Å². The third-order valence-electron chi connectivity index (χ3n) is 4.70. The van der Waals surface area contributed by atoms with E-state index >= 15 is 0 Å². The van der Waals surface area contributed by atoms with Crippen LogP contribution in [0.2, 0.25) is 0 Å². The fourth-order valence-electron chi connectivity index (χ4n) is 3.14. The largest absolute Gasteiger partial charge is 0.435 e. The van der Waals surface area contributed by atoms with E-state index in [1.807, 2.05) is 12.1 Å². The zero-order valence-corrected chi connectivity index (χ0v) is 16.0. The molecule has 1 saturated heterocycles. The summed E-state index contributed by atoms with van der Waals surface area (Å²) in [6.45, 7) is 1.33. The van der Waals surface area contributed by atoms with E-state index in [9.17, 15) is 8.78 Å². The highest BCUT2D eigenvalue weighted by Gasteiger charge is 2.41. The summed E-state index contributed by atoms with van der Waals surface area (Å²) in [5.41, 5.74) is 6.91. The molecule has 24 heavy (non-hydrogen) atoms. The van der Waals surface area contributed by atoms with E-state index in [0.29, 0.717) is 5.96 Å². The van der Waals surface area contributed by atoms with E-state index in [1.54, 1.807) is 12.1 Å². The number of likely N-dealkylation sites (tertiary alicyclic amines) is 1. The van der Waals surface area contributed by atoms with Crippen molar-refractivity contribution in [1.29, 1.82) is 0 Å². The Kier molecular flexibility index (Phi) is 6.65. The van der Waals surface area contributed by atoms with Gasteiger partial charge in [0.25, 0.3) is 0 Å². The molecule has 1 heterocycles. The Hall–Kier alpha value is -1.12. The third kappa shape index (κ3) is 4.70. The maximum atomic E-state index is 12.5. The Morgan fingerprint density at radius 3 is 2.62 bits per heavy atom. The number of aliphatic imine (C=N–C) groups is 1. The van der Waals surface area contributed by atoms with E-state index in [1.165, 1.54) is 0 Å². The Bertz CT molecular complexity index is 577. The standard InChI is InChI=1S/C17H23F2N3O.HI/c1-11-6-8-22(9-7-11)17(20)21-14-10-13(14)12-4-2-3-5-15(12)23-16(18)19;/h2-5,11,13-14,16H,6-10H2,1H3,(H2,20,21);1H/t13-,14+;/m1./s1. The highest BCUT2D eigenvalue weighted by atomic mass is 127. The number of piperidine rings is 1. The van der Waals surface area contributed by atoms with Crippen LogP contribution in [-0.4, -0.2) is 36.6 Å². The van der Waals surface area contributed by atoms with Gasteiger partial charge in [0.15, 0.2) is 5.96 Å². The number of benzene rings is 1. The minimum atomic E-state index is -2.81. The van der Waals surface area contributed by atoms with Crippen LogP contribution >= 0.6 is 24.0 Å². The Balaban J connectivity index is 0.00000208. The van der Waals surface area contributed by atoms with Crippen molar-refractivity contribution in [2.24, 2.45) is 16.6 Å². The predicted molar refractivity (Wildman–Crippen MR) is 101 cm³/mol. The lowest BCUT2D eigenvalue weighted by Crippen LogP contribution is -2.42. The molecule has 0 bridgehead atoms. The molecule has 2 fully saturated rings. The number of hydrogen-bond acceptors (Lipinski definition) is 2. The van der Waals surface area contributed by atoms with Crippen molar-refractivity contribution >= 4 is 29.9 Å². The average molecular weight is 451 g/mol. The number of nitrogens with two attached hydrogens (primary N) is 1. The molecular formula is C17H24F2IN3O. The Morgan fingerprint density at radius 2 is 1.96 bits per heavy atom. The minimum Gasteiger partial charge on any atom is -0.435 e. The molecule has 2 atom stereocenters. The second-order valence-electron chi connectivity index (χ2n) is 6.48. The van der Waals surface area contributed by atoms with Gasteiger partial charge in [-0.2, -0.15) is 8.78 Å². The van der Waals surface area contributed by atoms with Gasteiger partial charge in [0.2, 0.25) is 0 Å². The molecule has 134 valence electrons. The van der Waals surface area contributed by atoms with Gasteiger partial charge in [-0.25, -0.2) is 4.99 Å². The van der Waals surface area contributed by atoms with E-state index < -0.39 is 6.61 Å². The topological polar surface area (TPSA) is 50.8 Å². The maximum absolute atomic E-state index is 12.5. The lowest BCUT2D eigenvalue weighted by Gasteiger charge is -2.31. The van der Waals surface area contributed by atoms with Crippen LogP contribution in [-0.2, 0) is 0 Å². The highest BCUT2D eigenvalue weighted by Crippen LogP contribution is 2.47. The molecule has 7 heteroatoms. The number of halogens is 3. The molecule has 1 aliphatic heterocycles. The van der Waals surface area contributed by atoms with Gasteiger partial charge in [-0.05, 0) is 36.8 Å². The van der Waals surface area contributed by atoms with Crippen molar-refractivity contribution in [1.82, 2.24) is 4.90 Å². The van der Waals surface area contributed by atoms with Crippen LogP contribution in [0, 0.1) is 5.92 Å². The zero-order chi connectivity index (χ0) is 16.4. The lowest BCUT2D eigenvalue weighted by molar-refractivity contribution is -0.0504. The van der Waals surface area contributed by atoms with Gasteiger partial charge >= 0.3 is 6.61 Å². The molecular weight excluding hydrogens is 427 g/mol. The summed E-state index contributed by atoms with van der Waals surface area (Å²) in [6, 6.07) is 7.01. The fraction of sp³-hybridized carbons (Fsp3) is 0.588. The number of nitrogens with zero attached hydrogens (tertiary/aromatic N) is 2. The number of rotatable bonds is 4. The quantitative estimate of drug-likeness (QED) is 0.431. The summed E-state index contributed by atoms with van der Waals surface area (Å²) in [5.74, 6) is 1.69. The molecule has 0 aromatic heterocycles. The summed E-state index contributed by atoms with van der Waals surface area (Å²) in [7, 11) is 0. The molecule has 0 spiro atoms. The van der Waals surface area contributed by atoms with E-state index in [4.69, 9.17) is 5.73 Å². The first-order valence-electron chi connectivity index (χ1n) is 8.16. The van der Waals surface area contributed by atoms with Crippen LogP contribution in [0.25, 0.3) is 0 Å². The van der Waals surface area contributed by atoms with E-state index in [-0.39, 0.29) is 41.7 Å². The molecule has 2 N–H and O–H groups in total. The second-order valence-corrected chi connectivity index (χ2v) is 6.48. The van der Waals surface area contributed by atoms with Crippen molar-refractivity contribution in [2.45, 2.75) is 44.8 Å². The molecule has 1 aromatic carbocycles. The van der Waals surface area contributed by atoms with Crippen molar-refractivity contribution in [3.63, 3.8) is 0 Å². The normalized spacial score (nSPS) is 24.7. The molecule has 1 aliphatic carbocycles. The highest BCUT2D eigenvalue weighted by molar-refractivity contribution is 14.0. The number of guanidine groups is 1. The minimum absolute atomic E-state index is 0. The van der Waals surface area contributed by atoms with Gasteiger partial charge in [0.1, 0.15) is 5.75 Å². The van der Waals surface area contributed by atoms with Crippen molar-refractivity contribution in [2.75, 3.05) is 13.1 Å². The Labute approximate surface area is 158 Å².